The van der Waals surface area contributed by atoms with Gasteiger partial charge in [0.05, 0.1) is 18.4 Å². The average molecular weight is 383 g/mol. The van der Waals surface area contributed by atoms with Gasteiger partial charge in [-0.25, -0.2) is 14.8 Å². The standard InChI is InChI=1S/C20H25N5O3/c1-13(2)10-20(3,22)12-28-17-6-5-14(9-15(17)11-21)16-7-8-23-18(24-16)25-19(26)27-4/h5-9,13H,10,12,22H2,1-4H3,(H,23,24,25,26). The number of carbonyl (C=O) groups is 1. The van der Waals surface area contributed by atoms with Crippen LogP contribution in [-0.2, 0) is 4.74 Å². The van der Waals surface area contributed by atoms with Gasteiger partial charge in [-0.3, -0.25) is 5.32 Å². The number of ether oxygens (including phenoxy) is 2. The predicted octanol–water partition coefficient (Wildman–Crippen LogP) is 3.34. The van der Waals surface area contributed by atoms with Gasteiger partial charge in [-0.1, -0.05) is 13.8 Å². The maximum Gasteiger partial charge on any atom is 0.413 e. The zero-order chi connectivity index (χ0) is 20.7. The monoisotopic (exact) mass is 383 g/mol. The van der Waals surface area contributed by atoms with Crippen molar-refractivity contribution in [2.45, 2.75) is 32.7 Å². The Labute approximate surface area is 164 Å². The third kappa shape index (κ3) is 5.93. The van der Waals surface area contributed by atoms with Gasteiger partial charge in [-0.2, -0.15) is 5.26 Å². The van der Waals surface area contributed by atoms with Gasteiger partial charge in [-0.05, 0) is 43.5 Å². The second kappa shape index (κ2) is 9.15. The fraction of sp³-hybridized carbons (Fsp3) is 0.400. The highest BCUT2D eigenvalue weighted by atomic mass is 16.5. The van der Waals surface area contributed by atoms with Crippen molar-refractivity contribution >= 4 is 12.0 Å². The number of amides is 1. The number of nitrogens with zero attached hydrogens (tertiary/aromatic N) is 3. The summed E-state index contributed by atoms with van der Waals surface area (Å²) >= 11 is 0. The van der Waals surface area contributed by atoms with Crippen LogP contribution in [0.3, 0.4) is 0 Å². The van der Waals surface area contributed by atoms with E-state index in [9.17, 15) is 10.1 Å². The van der Waals surface area contributed by atoms with Gasteiger partial charge in [0, 0.05) is 17.3 Å². The lowest BCUT2D eigenvalue weighted by Crippen LogP contribution is -2.43. The number of nitriles is 1. The van der Waals surface area contributed by atoms with Crippen molar-refractivity contribution in [1.29, 1.82) is 5.26 Å². The van der Waals surface area contributed by atoms with Crippen molar-refractivity contribution in [2.75, 3.05) is 19.0 Å². The van der Waals surface area contributed by atoms with Gasteiger partial charge in [0.25, 0.3) is 0 Å². The molecule has 2 aromatic rings. The van der Waals surface area contributed by atoms with Crippen LogP contribution in [0.25, 0.3) is 11.3 Å². The van der Waals surface area contributed by atoms with Crippen LogP contribution >= 0.6 is 0 Å². The molecule has 0 fully saturated rings. The molecule has 1 heterocycles. The van der Waals surface area contributed by atoms with E-state index in [0.29, 0.717) is 35.1 Å². The lowest BCUT2D eigenvalue weighted by molar-refractivity contribution is 0.186. The Morgan fingerprint density at radius 3 is 2.79 bits per heavy atom. The molecule has 0 aliphatic carbocycles. The molecular weight excluding hydrogens is 358 g/mol. The molecular formula is C20H25N5O3. The molecule has 1 amide bonds. The molecule has 28 heavy (non-hydrogen) atoms. The number of anilines is 1. The number of carbonyl (C=O) groups excluding carboxylic acids is 1. The number of benzene rings is 1. The Morgan fingerprint density at radius 1 is 1.39 bits per heavy atom. The smallest absolute Gasteiger partial charge is 0.413 e. The first-order chi connectivity index (χ1) is 13.2. The summed E-state index contributed by atoms with van der Waals surface area (Å²) in [6.45, 7) is 6.45. The van der Waals surface area contributed by atoms with E-state index >= 15 is 0 Å². The SMILES string of the molecule is COC(=O)Nc1nccc(-c2ccc(OCC(C)(N)CC(C)C)c(C#N)c2)n1. The highest BCUT2D eigenvalue weighted by Crippen LogP contribution is 2.27. The first-order valence-corrected chi connectivity index (χ1v) is 8.88. The molecule has 148 valence electrons. The van der Waals surface area contributed by atoms with Crippen molar-refractivity contribution < 1.29 is 14.3 Å². The predicted molar refractivity (Wildman–Crippen MR) is 106 cm³/mol. The van der Waals surface area contributed by atoms with E-state index in [1.807, 2.05) is 6.92 Å². The molecule has 0 saturated heterocycles. The second-order valence-corrected chi connectivity index (χ2v) is 7.25. The van der Waals surface area contributed by atoms with Crippen LogP contribution in [0.15, 0.2) is 30.5 Å². The normalized spacial score (nSPS) is 12.8. The van der Waals surface area contributed by atoms with Gasteiger partial charge in [-0.15, -0.1) is 0 Å². The molecule has 0 aliphatic rings. The van der Waals surface area contributed by atoms with E-state index in [2.05, 4.69) is 39.9 Å². The third-order valence-corrected chi connectivity index (χ3v) is 3.88. The lowest BCUT2D eigenvalue weighted by atomic mass is 9.93. The Bertz CT molecular complexity index is 874. The molecule has 0 radical (unpaired) electrons. The number of nitrogens with one attached hydrogen (secondary N) is 1. The Balaban J connectivity index is 2.20. The molecule has 0 bridgehead atoms. The summed E-state index contributed by atoms with van der Waals surface area (Å²) < 4.78 is 10.4. The second-order valence-electron chi connectivity index (χ2n) is 7.25. The van der Waals surface area contributed by atoms with Gasteiger partial charge in [0.1, 0.15) is 18.4 Å². The van der Waals surface area contributed by atoms with Gasteiger partial charge < -0.3 is 15.2 Å². The van der Waals surface area contributed by atoms with Crippen LogP contribution in [0.2, 0.25) is 0 Å². The number of hydrogen-bond donors (Lipinski definition) is 2. The molecule has 1 unspecified atom stereocenters. The minimum Gasteiger partial charge on any atom is -0.490 e. The molecule has 8 heteroatoms. The highest BCUT2D eigenvalue weighted by Gasteiger charge is 2.22. The number of hydrogen-bond acceptors (Lipinski definition) is 7. The zero-order valence-corrected chi connectivity index (χ0v) is 16.5. The Kier molecular flexibility index (Phi) is 6.90. The van der Waals surface area contributed by atoms with Crippen LogP contribution in [-0.4, -0.2) is 35.3 Å². The van der Waals surface area contributed by atoms with Crippen molar-refractivity contribution in [1.82, 2.24) is 9.97 Å². The van der Waals surface area contributed by atoms with E-state index in [-0.39, 0.29) is 5.95 Å². The fourth-order valence-electron chi connectivity index (χ4n) is 2.86. The Morgan fingerprint density at radius 2 is 2.14 bits per heavy atom. The van der Waals surface area contributed by atoms with Crippen LogP contribution < -0.4 is 15.8 Å². The van der Waals surface area contributed by atoms with E-state index in [4.69, 9.17) is 10.5 Å². The lowest BCUT2D eigenvalue weighted by Gasteiger charge is -2.26. The highest BCUT2D eigenvalue weighted by molar-refractivity contribution is 5.82. The summed E-state index contributed by atoms with van der Waals surface area (Å²) in [5, 5.41) is 11.9. The summed E-state index contributed by atoms with van der Waals surface area (Å²) in [6, 6.07) is 9.00. The van der Waals surface area contributed by atoms with Crippen LogP contribution in [0.5, 0.6) is 5.75 Å². The van der Waals surface area contributed by atoms with Crippen LogP contribution in [0.1, 0.15) is 32.8 Å². The largest absolute Gasteiger partial charge is 0.490 e. The van der Waals surface area contributed by atoms with E-state index in [1.165, 1.54) is 13.3 Å². The Hall–Kier alpha value is -3.18. The van der Waals surface area contributed by atoms with Crippen LogP contribution in [0, 0.1) is 17.2 Å². The molecule has 2 rings (SSSR count). The maximum absolute atomic E-state index is 11.3. The summed E-state index contributed by atoms with van der Waals surface area (Å²) in [5.74, 6) is 1.02. The van der Waals surface area contributed by atoms with Gasteiger partial charge in [0.2, 0.25) is 5.95 Å². The van der Waals surface area contributed by atoms with Gasteiger partial charge >= 0.3 is 6.09 Å². The van der Waals surface area contributed by atoms with Crippen molar-refractivity contribution in [3.63, 3.8) is 0 Å². The number of rotatable bonds is 7. The summed E-state index contributed by atoms with van der Waals surface area (Å²) in [7, 11) is 1.25. The molecule has 8 nitrogen and oxygen atoms in total. The number of nitrogens with two attached hydrogens (primary N) is 1. The quantitative estimate of drug-likeness (QED) is 0.751. The summed E-state index contributed by atoms with van der Waals surface area (Å²) in [6.07, 6.45) is 1.66. The minimum absolute atomic E-state index is 0.107. The molecule has 0 saturated carbocycles. The zero-order valence-electron chi connectivity index (χ0n) is 16.5. The van der Waals surface area contributed by atoms with Crippen molar-refractivity contribution in [3.05, 3.63) is 36.0 Å². The molecule has 3 N–H and O–H groups in total. The first kappa shape index (κ1) is 21.1. The molecule has 0 spiro atoms. The van der Waals surface area contributed by atoms with E-state index in [0.717, 1.165) is 6.42 Å². The minimum atomic E-state index is -0.662. The molecule has 0 aliphatic heterocycles. The molecule has 1 atom stereocenters. The fourth-order valence-corrected chi connectivity index (χ4v) is 2.86. The summed E-state index contributed by atoms with van der Waals surface area (Å²) in [5.41, 5.74) is 7.41. The van der Waals surface area contributed by atoms with Crippen molar-refractivity contribution in [2.24, 2.45) is 11.7 Å². The summed E-state index contributed by atoms with van der Waals surface area (Å²) in [4.78, 5) is 19.5. The maximum atomic E-state index is 11.3. The number of methoxy groups -OCH3 is 1. The first-order valence-electron chi connectivity index (χ1n) is 8.88. The average Bonchev–Trinajstić information content (AvgIpc) is 2.65. The number of aromatic nitrogens is 2. The van der Waals surface area contributed by atoms with Crippen molar-refractivity contribution in [3.8, 4) is 23.1 Å². The topological polar surface area (TPSA) is 123 Å². The third-order valence-electron chi connectivity index (χ3n) is 3.88. The molecule has 1 aromatic carbocycles. The van der Waals surface area contributed by atoms with Gasteiger partial charge in [0.15, 0.2) is 0 Å². The van der Waals surface area contributed by atoms with E-state index < -0.39 is 11.6 Å². The van der Waals surface area contributed by atoms with E-state index in [1.54, 1.807) is 24.3 Å². The van der Waals surface area contributed by atoms with Crippen LogP contribution in [0.4, 0.5) is 10.7 Å². The molecule has 1 aromatic heterocycles.